The molecule has 0 radical (unpaired) electrons. The van der Waals surface area contributed by atoms with E-state index in [2.05, 4.69) is 29.2 Å². The number of fused-ring (bicyclic) bond motifs is 1. The number of carbonyl (C=O) groups excluding carboxylic acids is 1. The van der Waals surface area contributed by atoms with Crippen molar-refractivity contribution < 1.29 is 13.2 Å². The maximum atomic E-state index is 14.0. The third kappa shape index (κ3) is 4.88. The van der Waals surface area contributed by atoms with Crippen molar-refractivity contribution >= 4 is 27.2 Å². The summed E-state index contributed by atoms with van der Waals surface area (Å²) in [5.41, 5.74) is 3.68. The average Bonchev–Trinajstić information content (AvgIpc) is 3.28. The zero-order valence-corrected chi connectivity index (χ0v) is 21.4. The number of nitrogens with zero attached hydrogens (tertiary/aromatic N) is 2. The minimum absolute atomic E-state index is 0.160. The molecule has 0 saturated carbocycles. The lowest BCUT2D eigenvalue weighted by Crippen LogP contribution is -2.36. The number of rotatable bonds is 8. The Balaban J connectivity index is 1.51. The summed E-state index contributed by atoms with van der Waals surface area (Å²) in [4.78, 5) is 14.6. The SMILES string of the molecule is Cc1ccc2cc(C(CC=O)C3CCN(Cc4ccccc4)CC3)n(S(=O)(=O)c3ccccc3)c2c1. The first-order chi connectivity index (χ1) is 17.5. The summed E-state index contributed by atoms with van der Waals surface area (Å²) < 4.78 is 29.4. The Morgan fingerprint density at radius 3 is 2.25 bits per heavy atom. The number of carbonyl (C=O) groups is 1. The summed E-state index contributed by atoms with van der Waals surface area (Å²) in [6.45, 7) is 4.74. The van der Waals surface area contributed by atoms with E-state index in [0.29, 0.717) is 17.6 Å². The lowest BCUT2D eigenvalue weighted by molar-refractivity contribution is -0.108. The van der Waals surface area contributed by atoms with Gasteiger partial charge in [-0.25, -0.2) is 12.4 Å². The molecule has 1 aliphatic heterocycles. The van der Waals surface area contributed by atoms with Crippen molar-refractivity contribution in [3.8, 4) is 0 Å². The van der Waals surface area contributed by atoms with Crippen LogP contribution in [0.15, 0.2) is 89.8 Å². The molecule has 1 atom stereocenters. The van der Waals surface area contributed by atoms with Crippen molar-refractivity contribution in [3.63, 3.8) is 0 Å². The third-order valence-corrected chi connectivity index (χ3v) is 9.16. The van der Waals surface area contributed by atoms with Crippen LogP contribution in [0.4, 0.5) is 0 Å². The largest absolute Gasteiger partial charge is 0.303 e. The molecule has 1 aliphatic rings. The molecule has 5 nitrogen and oxygen atoms in total. The number of piperidine rings is 1. The van der Waals surface area contributed by atoms with Crippen LogP contribution in [-0.2, 0) is 21.4 Å². The van der Waals surface area contributed by atoms with Crippen molar-refractivity contribution in [1.29, 1.82) is 0 Å². The van der Waals surface area contributed by atoms with Crippen LogP contribution in [-0.4, -0.2) is 36.7 Å². The van der Waals surface area contributed by atoms with Crippen LogP contribution >= 0.6 is 0 Å². The van der Waals surface area contributed by atoms with E-state index in [9.17, 15) is 13.2 Å². The van der Waals surface area contributed by atoms with E-state index in [-0.39, 0.29) is 16.7 Å². The van der Waals surface area contributed by atoms with Gasteiger partial charge in [0, 0.05) is 30.0 Å². The van der Waals surface area contributed by atoms with Crippen LogP contribution in [0, 0.1) is 12.8 Å². The Bertz CT molecular complexity index is 1440. The van der Waals surface area contributed by atoms with Crippen LogP contribution in [0.2, 0.25) is 0 Å². The monoisotopic (exact) mass is 500 g/mol. The highest BCUT2D eigenvalue weighted by Gasteiger charge is 2.33. The highest BCUT2D eigenvalue weighted by Crippen LogP contribution is 2.39. The lowest BCUT2D eigenvalue weighted by Gasteiger charge is -2.36. The molecule has 3 aromatic carbocycles. The summed E-state index contributed by atoms with van der Waals surface area (Å²) in [6.07, 6.45) is 3.11. The average molecular weight is 501 g/mol. The summed E-state index contributed by atoms with van der Waals surface area (Å²) in [6, 6.07) is 26.9. The van der Waals surface area contributed by atoms with Crippen LogP contribution in [0.3, 0.4) is 0 Å². The zero-order chi connectivity index (χ0) is 25.1. The number of hydrogen-bond acceptors (Lipinski definition) is 4. The van der Waals surface area contributed by atoms with Gasteiger partial charge in [0.05, 0.1) is 10.4 Å². The minimum Gasteiger partial charge on any atom is -0.303 e. The third-order valence-electron chi connectivity index (χ3n) is 7.40. The van der Waals surface area contributed by atoms with Gasteiger partial charge in [-0.2, -0.15) is 0 Å². The summed E-state index contributed by atoms with van der Waals surface area (Å²) >= 11 is 0. The second-order valence-electron chi connectivity index (χ2n) is 9.82. The molecule has 186 valence electrons. The number of aryl methyl sites for hydroxylation is 1. The molecular weight excluding hydrogens is 468 g/mol. The molecule has 0 bridgehead atoms. The summed E-state index contributed by atoms with van der Waals surface area (Å²) in [5.74, 6) is 0.0740. The van der Waals surface area contributed by atoms with Crippen molar-refractivity contribution in [2.75, 3.05) is 13.1 Å². The molecule has 0 amide bonds. The number of likely N-dealkylation sites (tertiary alicyclic amines) is 1. The fraction of sp³-hybridized carbons (Fsp3) is 0.300. The van der Waals surface area contributed by atoms with Gasteiger partial charge in [-0.05, 0) is 74.2 Å². The molecule has 6 heteroatoms. The van der Waals surface area contributed by atoms with E-state index in [0.717, 1.165) is 49.7 Å². The van der Waals surface area contributed by atoms with Gasteiger partial charge in [0.25, 0.3) is 10.0 Å². The van der Waals surface area contributed by atoms with Gasteiger partial charge in [-0.3, -0.25) is 4.90 Å². The number of aromatic nitrogens is 1. The molecule has 0 spiro atoms. The van der Waals surface area contributed by atoms with Crippen LogP contribution in [0.5, 0.6) is 0 Å². The van der Waals surface area contributed by atoms with Gasteiger partial charge in [0.15, 0.2) is 0 Å². The molecule has 4 aromatic rings. The van der Waals surface area contributed by atoms with E-state index >= 15 is 0 Å². The quantitative estimate of drug-likeness (QED) is 0.288. The van der Waals surface area contributed by atoms with Crippen molar-refractivity contribution in [1.82, 2.24) is 8.87 Å². The van der Waals surface area contributed by atoms with Crippen LogP contribution < -0.4 is 0 Å². The maximum Gasteiger partial charge on any atom is 0.268 e. The molecule has 0 N–H and O–H groups in total. The van der Waals surface area contributed by atoms with Gasteiger partial charge in [-0.1, -0.05) is 60.7 Å². The normalized spacial score (nSPS) is 16.2. The molecule has 1 aromatic heterocycles. The summed E-state index contributed by atoms with van der Waals surface area (Å²) in [7, 11) is -3.83. The molecule has 36 heavy (non-hydrogen) atoms. The van der Waals surface area contributed by atoms with Gasteiger partial charge in [0.2, 0.25) is 0 Å². The molecule has 5 rings (SSSR count). The van der Waals surface area contributed by atoms with Gasteiger partial charge >= 0.3 is 0 Å². The smallest absolute Gasteiger partial charge is 0.268 e. The van der Waals surface area contributed by atoms with E-state index < -0.39 is 10.0 Å². The number of benzene rings is 3. The van der Waals surface area contributed by atoms with Crippen molar-refractivity contribution in [2.45, 2.75) is 43.5 Å². The minimum atomic E-state index is -3.83. The second-order valence-corrected chi connectivity index (χ2v) is 11.6. The molecule has 1 saturated heterocycles. The van der Waals surface area contributed by atoms with E-state index in [1.54, 1.807) is 24.3 Å². The first-order valence-electron chi connectivity index (χ1n) is 12.6. The first kappa shape index (κ1) is 24.5. The van der Waals surface area contributed by atoms with E-state index in [1.165, 1.54) is 9.54 Å². The Labute approximate surface area is 213 Å². The van der Waals surface area contributed by atoms with E-state index in [1.807, 2.05) is 43.3 Å². The van der Waals surface area contributed by atoms with Gasteiger partial charge in [-0.15, -0.1) is 0 Å². The predicted molar refractivity (Wildman–Crippen MR) is 144 cm³/mol. The Morgan fingerprint density at radius 1 is 0.917 bits per heavy atom. The van der Waals surface area contributed by atoms with Crippen LogP contribution in [0.25, 0.3) is 10.9 Å². The lowest BCUT2D eigenvalue weighted by atomic mass is 9.80. The molecule has 0 aliphatic carbocycles. The topological polar surface area (TPSA) is 59.4 Å². The predicted octanol–water partition coefficient (Wildman–Crippen LogP) is 5.77. The molecule has 1 unspecified atom stereocenters. The molecular formula is C30H32N2O3S. The van der Waals surface area contributed by atoms with Crippen molar-refractivity contribution in [2.24, 2.45) is 5.92 Å². The van der Waals surface area contributed by atoms with Gasteiger partial charge in [0.1, 0.15) is 6.29 Å². The molecule has 2 heterocycles. The highest BCUT2D eigenvalue weighted by molar-refractivity contribution is 7.90. The highest BCUT2D eigenvalue weighted by atomic mass is 32.2. The Morgan fingerprint density at radius 2 is 1.58 bits per heavy atom. The second kappa shape index (κ2) is 10.4. The fourth-order valence-corrected chi connectivity index (χ4v) is 7.14. The first-order valence-corrected chi connectivity index (χ1v) is 14.0. The number of hydrogen-bond donors (Lipinski definition) is 0. The van der Waals surface area contributed by atoms with Gasteiger partial charge < -0.3 is 4.79 Å². The van der Waals surface area contributed by atoms with Crippen LogP contribution in [0.1, 0.15) is 42.0 Å². The Kier molecular flexibility index (Phi) is 7.08. The standard InChI is InChI=1S/C30H32N2O3S/c1-23-12-13-26-21-30(32(29(26)20-23)36(34,35)27-10-6-3-7-11-27)28(16-19-33)25-14-17-31(18-15-25)22-24-8-4-2-5-9-24/h2-13,19-21,25,28H,14-18,22H2,1H3. The van der Waals surface area contributed by atoms with Crippen molar-refractivity contribution in [3.05, 3.63) is 102 Å². The molecule has 1 fully saturated rings. The zero-order valence-electron chi connectivity index (χ0n) is 20.6. The summed E-state index contributed by atoms with van der Waals surface area (Å²) in [5, 5.41) is 0.882. The van der Waals surface area contributed by atoms with E-state index in [4.69, 9.17) is 0 Å². The Hall–Kier alpha value is -3.22. The fourth-order valence-electron chi connectivity index (χ4n) is 5.55. The maximum absolute atomic E-state index is 14.0. The number of aldehydes is 1.